The fourth-order valence-corrected chi connectivity index (χ4v) is 1.28. The quantitative estimate of drug-likeness (QED) is 0.557. The van der Waals surface area contributed by atoms with Crippen LogP contribution in [0.3, 0.4) is 0 Å². The van der Waals surface area contributed by atoms with E-state index in [2.05, 4.69) is 18.1 Å². The van der Waals surface area contributed by atoms with Crippen LogP contribution >= 0.6 is 12.2 Å². The molecule has 0 spiro atoms. The largest absolute Gasteiger partial charge is 0.334 e. The van der Waals surface area contributed by atoms with Crippen molar-refractivity contribution in [3.63, 3.8) is 0 Å². The van der Waals surface area contributed by atoms with Gasteiger partial charge in [-0.2, -0.15) is 0 Å². The van der Waals surface area contributed by atoms with Crippen LogP contribution in [0, 0.1) is 4.77 Å². The van der Waals surface area contributed by atoms with E-state index in [1.54, 1.807) is 0 Å². The molecule has 0 atom stereocenters. The lowest BCUT2D eigenvalue weighted by Crippen LogP contribution is -1.91. The molecule has 0 amide bonds. The molecule has 0 saturated heterocycles. The van der Waals surface area contributed by atoms with Gasteiger partial charge in [0, 0.05) is 24.9 Å². The summed E-state index contributed by atoms with van der Waals surface area (Å²) in [5.74, 6) is 0. The lowest BCUT2D eigenvalue weighted by atomic mass is 10.3. The summed E-state index contributed by atoms with van der Waals surface area (Å²) in [5.41, 5.74) is 1.09. The SMILES string of the molecule is C=CCc1cn(CC=C)c(=S)[nH]1. The Morgan fingerprint density at radius 3 is 2.83 bits per heavy atom. The lowest BCUT2D eigenvalue weighted by molar-refractivity contribution is 0.807. The predicted octanol–water partition coefficient (Wildman–Crippen LogP) is 2.46. The molecule has 0 aromatic carbocycles. The van der Waals surface area contributed by atoms with E-state index in [4.69, 9.17) is 12.2 Å². The molecule has 2 nitrogen and oxygen atoms in total. The molecule has 12 heavy (non-hydrogen) atoms. The number of imidazole rings is 1. The van der Waals surface area contributed by atoms with Crippen molar-refractivity contribution < 1.29 is 0 Å². The Hall–Kier alpha value is -1.09. The third kappa shape index (κ3) is 1.95. The fraction of sp³-hybridized carbons (Fsp3) is 0.222. The molecule has 1 heterocycles. The van der Waals surface area contributed by atoms with Gasteiger partial charge in [0.2, 0.25) is 0 Å². The molecule has 0 aliphatic carbocycles. The van der Waals surface area contributed by atoms with Crippen LogP contribution in [0.4, 0.5) is 0 Å². The number of nitrogens with zero attached hydrogens (tertiary/aromatic N) is 1. The molecule has 3 heteroatoms. The van der Waals surface area contributed by atoms with Gasteiger partial charge in [-0.25, -0.2) is 0 Å². The Balaban J connectivity index is 2.91. The highest BCUT2D eigenvalue weighted by Crippen LogP contribution is 2.00. The van der Waals surface area contributed by atoms with Crippen molar-refractivity contribution >= 4 is 12.2 Å². The Labute approximate surface area is 77.2 Å². The Morgan fingerprint density at radius 1 is 1.50 bits per heavy atom. The van der Waals surface area contributed by atoms with E-state index in [9.17, 15) is 0 Å². The number of aromatic nitrogens is 2. The van der Waals surface area contributed by atoms with E-state index in [1.807, 2.05) is 22.9 Å². The first-order chi connectivity index (χ1) is 5.77. The second kappa shape index (κ2) is 4.07. The van der Waals surface area contributed by atoms with Crippen LogP contribution in [0.2, 0.25) is 0 Å². The third-order valence-corrected chi connectivity index (χ3v) is 1.87. The van der Waals surface area contributed by atoms with E-state index >= 15 is 0 Å². The van der Waals surface area contributed by atoms with Crippen molar-refractivity contribution in [1.29, 1.82) is 0 Å². The fourth-order valence-electron chi connectivity index (χ4n) is 1.02. The maximum Gasteiger partial charge on any atom is 0.177 e. The first-order valence-electron chi connectivity index (χ1n) is 3.78. The molecule has 0 aliphatic rings. The van der Waals surface area contributed by atoms with Crippen molar-refractivity contribution in [2.45, 2.75) is 13.0 Å². The summed E-state index contributed by atoms with van der Waals surface area (Å²) in [5, 5.41) is 0. The van der Waals surface area contributed by atoms with Crippen molar-refractivity contribution in [3.8, 4) is 0 Å². The molecule has 1 N–H and O–H groups in total. The lowest BCUT2D eigenvalue weighted by Gasteiger charge is -1.92. The number of aromatic amines is 1. The number of allylic oxidation sites excluding steroid dienone is 2. The number of H-pyrrole nitrogens is 1. The highest BCUT2D eigenvalue weighted by atomic mass is 32.1. The van der Waals surface area contributed by atoms with Crippen LogP contribution in [-0.4, -0.2) is 9.55 Å². The minimum Gasteiger partial charge on any atom is -0.334 e. The van der Waals surface area contributed by atoms with Crippen LogP contribution in [-0.2, 0) is 13.0 Å². The van der Waals surface area contributed by atoms with E-state index in [-0.39, 0.29) is 0 Å². The Kier molecular flexibility index (Phi) is 3.05. The molecule has 0 saturated carbocycles. The zero-order valence-corrected chi connectivity index (χ0v) is 7.73. The average molecular weight is 180 g/mol. The van der Waals surface area contributed by atoms with Crippen molar-refractivity contribution in [3.05, 3.63) is 42.0 Å². The number of hydrogen-bond donors (Lipinski definition) is 1. The van der Waals surface area contributed by atoms with Crippen molar-refractivity contribution in [1.82, 2.24) is 9.55 Å². The second-order valence-electron chi connectivity index (χ2n) is 2.52. The molecule has 1 rings (SSSR count). The molecular formula is C9H12N2S. The predicted molar refractivity (Wildman–Crippen MR) is 53.7 cm³/mol. The Morgan fingerprint density at radius 2 is 2.25 bits per heavy atom. The summed E-state index contributed by atoms with van der Waals surface area (Å²) < 4.78 is 2.69. The van der Waals surface area contributed by atoms with Crippen LogP contribution in [0.25, 0.3) is 0 Å². The zero-order chi connectivity index (χ0) is 8.97. The molecular weight excluding hydrogens is 168 g/mol. The van der Waals surface area contributed by atoms with E-state index < -0.39 is 0 Å². The van der Waals surface area contributed by atoms with Crippen LogP contribution < -0.4 is 0 Å². The summed E-state index contributed by atoms with van der Waals surface area (Å²) in [4.78, 5) is 3.09. The minimum absolute atomic E-state index is 0.742. The molecule has 0 fully saturated rings. The van der Waals surface area contributed by atoms with Gasteiger partial charge in [-0.05, 0) is 12.2 Å². The van der Waals surface area contributed by atoms with Crippen LogP contribution in [0.5, 0.6) is 0 Å². The van der Waals surface area contributed by atoms with Gasteiger partial charge in [0.15, 0.2) is 4.77 Å². The zero-order valence-electron chi connectivity index (χ0n) is 6.92. The number of rotatable bonds is 4. The van der Waals surface area contributed by atoms with E-state index in [0.29, 0.717) is 0 Å². The third-order valence-electron chi connectivity index (χ3n) is 1.53. The number of nitrogens with one attached hydrogen (secondary N) is 1. The van der Waals surface area contributed by atoms with Gasteiger partial charge < -0.3 is 9.55 Å². The molecule has 64 valence electrons. The molecule has 1 aromatic rings. The molecule has 0 radical (unpaired) electrons. The summed E-state index contributed by atoms with van der Waals surface area (Å²) in [6, 6.07) is 0. The molecule has 0 bridgehead atoms. The van der Waals surface area contributed by atoms with Crippen LogP contribution in [0.1, 0.15) is 5.69 Å². The van der Waals surface area contributed by atoms with Gasteiger partial charge in [0.05, 0.1) is 0 Å². The van der Waals surface area contributed by atoms with Gasteiger partial charge in [0.1, 0.15) is 0 Å². The highest BCUT2D eigenvalue weighted by Gasteiger charge is 1.95. The first kappa shape index (κ1) is 9.00. The average Bonchev–Trinajstić information content (AvgIpc) is 2.34. The first-order valence-corrected chi connectivity index (χ1v) is 4.19. The summed E-state index contributed by atoms with van der Waals surface area (Å²) in [6.45, 7) is 8.07. The summed E-state index contributed by atoms with van der Waals surface area (Å²) in [7, 11) is 0. The molecule has 1 aromatic heterocycles. The maximum atomic E-state index is 5.08. The molecule has 0 aliphatic heterocycles. The van der Waals surface area contributed by atoms with Gasteiger partial charge in [-0.3, -0.25) is 0 Å². The normalized spacial score (nSPS) is 9.67. The smallest absolute Gasteiger partial charge is 0.177 e. The standard InChI is InChI=1S/C9H12N2S/c1-3-5-8-7-11(6-4-2)9(12)10-8/h3-4,7H,1-2,5-6H2,(H,10,12). The van der Waals surface area contributed by atoms with E-state index in [1.165, 1.54) is 0 Å². The van der Waals surface area contributed by atoms with Gasteiger partial charge >= 0.3 is 0 Å². The van der Waals surface area contributed by atoms with Crippen molar-refractivity contribution in [2.75, 3.05) is 0 Å². The highest BCUT2D eigenvalue weighted by molar-refractivity contribution is 7.71. The second-order valence-corrected chi connectivity index (χ2v) is 2.91. The number of hydrogen-bond acceptors (Lipinski definition) is 1. The topological polar surface area (TPSA) is 20.7 Å². The van der Waals surface area contributed by atoms with Gasteiger partial charge in [-0.15, -0.1) is 13.2 Å². The maximum absolute atomic E-state index is 5.08. The van der Waals surface area contributed by atoms with E-state index in [0.717, 1.165) is 23.4 Å². The Bertz CT molecular complexity index is 333. The van der Waals surface area contributed by atoms with Gasteiger partial charge in [0.25, 0.3) is 0 Å². The molecule has 0 unspecified atom stereocenters. The van der Waals surface area contributed by atoms with Crippen molar-refractivity contribution in [2.24, 2.45) is 0 Å². The van der Waals surface area contributed by atoms with Gasteiger partial charge in [-0.1, -0.05) is 12.2 Å². The minimum atomic E-state index is 0.742. The van der Waals surface area contributed by atoms with Crippen LogP contribution in [0.15, 0.2) is 31.5 Å². The summed E-state index contributed by atoms with van der Waals surface area (Å²) >= 11 is 5.08. The monoisotopic (exact) mass is 180 g/mol. The summed E-state index contributed by atoms with van der Waals surface area (Å²) in [6.07, 6.45) is 6.49.